The number of pyridine rings is 1. The van der Waals surface area contributed by atoms with E-state index in [1.54, 1.807) is 30.3 Å². The summed E-state index contributed by atoms with van der Waals surface area (Å²) in [6, 6.07) is 9.96. The first-order valence-corrected chi connectivity index (χ1v) is 8.02. The second-order valence-electron chi connectivity index (χ2n) is 5.36. The number of ether oxygens (including phenoxy) is 1. The third-order valence-electron chi connectivity index (χ3n) is 3.36. The zero-order chi connectivity index (χ0) is 19.9. The van der Waals surface area contributed by atoms with E-state index in [0.717, 1.165) is 0 Å². The number of benzene rings is 1. The third kappa shape index (κ3) is 4.80. The standard InChI is InChI=1S/C17H16N6O5/c18-7-15(24)20-14-6-5-12(16(19)21-14)23-22-11-3-1-2-4-13(11)26-8-10-9-27-17(25)28-10/h1-6,9H,7-8,18H2,(H3,19,20,21,24)/b23-22+. The van der Waals surface area contributed by atoms with Gasteiger partial charge < -0.3 is 30.4 Å². The summed E-state index contributed by atoms with van der Waals surface area (Å²) in [6.45, 7) is -0.181. The average molecular weight is 384 g/mol. The van der Waals surface area contributed by atoms with Crippen LogP contribution in [-0.4, -0.2) is 17.4 Å². The van der Waals surface area contributed by atoms with Crippen molar-refractivity contribution in [2.24, 2.45) is 16.0 Å². The predicted molar refractivity (Wildman–Crippen MR) is 98.5 cm³/mol. The number of hydrogen-bond donors (Lipinski definition) is 3. The quantitative estimate of drug-likeness (QED) is 0.519. The van der Waals surface area contributed by atoms with Crippen molar-refractivity contribution in [3.05, 3.63) is 59.0 Å². The Morgan fingerprint density at radius 1 is 1.18 bits per heavy atom. The maximum absolute atomic E-state index is 11.3. The molecule has 0 aliphatic carbocycles. The average Bonchev–Trinajstić information content (AvgIpc) is 3.11. The van der Waals surface area contributed by atoms with Crippen LogP contribution in [0.25, 0.3) is 0 Å². The van der Waals surface area contributed by atoms with Gasteiger partial charge in [-0.1, -0.05) is 12.1 Å². The van der Waals surface area contributed by atoms with E-state index in [1.165, 1.54) is 12.3 Å². The molecule has 0 radical (unpaired) electrons. The summed E-state index contributed by atoms with van der Waals surface area (Å²) in [5, 5.41) is 10.7. The van der Waals surface area contributed by atoms with E-state index in [4.69, 9.17) is 20.6 Å². The van der Waals surface area contributed by atoms with Crippen LogP contribution in [0, 0.1) is 0 Å². The Morgan fingerprint density at radius 3 is 2.68 bits per heavy atom. The Hall–Kier alpha value is -3.99. The van der Waals surface area contributed by atoms with E-state index in [9.17, 15) is 9.59 Å². The smallest absolute Gasteiger partial charge is 0.483 e. The fourth-order valence-electron chi connectivity index (χ4n) is 2.07. The number of nitrogens with one attached hydrogen (secondary N) is 1. The molecule has 2 aromatic heterocycles. The van der Waals surface area contributed by atoms with Crippen molar-refractivity contribution in [2.45, 2.75) is 6.61 Å². The van der Waals surface area contributed by atoms with Gasteiger partial charge in [-0.3, -0.25) is 4.79 Å². The Balaban J connectivity index is 1.73. The fraction of sp³-hybridized carbons (Fsp3) is 0.118. The minimum absolute atomic E-state index is 0.0164. The predicted octanol–water partition coefficient (Wildman–Crippen LogP) is 2.10. The molecule has 0 saturated carbocycles. The summed E-state index contributed by atoms with van der Waals surface area (Å²) >= 11 is 0. The lowest BCUT2D eigenvalue weighted by atomic mass is 10.3. The van der Waals surface area contributed by atoms with Gasteiger partial charge in [0.2, 0.25) is 5.91 Å². The zero-order valence-electron chi connectivity index (χ0n) is 14.5. The highest BCUT2D eigenvalue weighted by Crippen LogP contribution is 2.31. The van der Waals surface area contributed by atoms with Crippen molar-refractivity contribution in [1.29, 1.82) is 0 Å². The van der Waals surface area contributed by atoms with Gasteiger partial charge in [0.15, 0.2) is 11.6 Å². The second-order valence-corrected chi connectivity index (χ2v) is 5.36. The molecule has 2 heterocycles. The molecule has 0 spiro atoms. The molecule has 3 rings (SSSR count). The minimum Gasteiger partial charge on any atom is -0.483 e. The van der Waals surface area contributed by atoms with Crippen LogP contribution in [0.1, 0.15) is 5.76 Å². The van der Waals surface area contributed by atoms with Crippen molar-refractivity contribution in [3.63, 3.8) is 0 Å². The number of nitrogens with zero attached hydrogens (tertiary/aromatic N) is 3. The number of carbonyl (C=O) groups is 1. The summed E-state index contributed by atoms with van der Waals surface area (Å²) in [4.78, 5) is 26.2. The number of hydrogen-bond acceptors (Lipinski definition) is 10. The van der Waals surface area contributed by atoms with Crippen LogP contribution >= 0.6 is 0 Å². The summed E-state index contributed by atoms with van der Waals surface area (Å²) in [7, 11) is 0. The molecular formula is C17H16N6O5. The zero-order valence-corrected chi connectivity index (χ0v) is 14.5. The molecule has 0 bridgehead atoms. The molecule has 0 fully saturated rings. The van der Waals surface area contributed by atoms with Gasteiger partial charge in [0.25, 0.3) is 0 Å². The van der Waals surface area contributed by atoms with E-state index >= 15 is 0 Å². The third-order valence-corrected chi connectivity index (χ3v) is 3.36. The van der Waals surface area contributed by atoms with Gasteiger partial charge in [0.05, 0.1) is 6.54 Å². The second kappa shape index (κ2) is 8.60. The number of carbonyl (C=O) groups excluding carboxylic acids is 1. The summed E-state index contributed by atoms with van der Waals surface area (Å²) in [5.74, 6) is -0.204. The molecule has 28 heavy (non-hydrogen) atoms. The van der Waals surface area contributed by atoms with Crippen LogP contribution in [0.2, 0.25) is 0 Å². The number of nitrogens with two attached hydrogens (primary N) is 2. The normalized spacial score (nSPS) is 10.9. The number of rotatable bonds is 7. The van der Waals surface area contributed by atoms with Gasteiger partial charge in [0.1, 0.15) is 35.8 Å². The molecule has 0 aliphatic rings. The molecule has 3 aromatic rings. The van der Waals surface area contributed by atoms with Gasteiger partial charge in [-0.25, -0.2) is 9.78 Å². The number of para-hydroxylation sites is 1. The topological polar surface area (TPSA) is 171 Å². The maximum Gasteiger partial charge on any atom is 0.518 e. The fourth-order valence-corrected chi connectivity index (χ4v) is 2.07. The lowest BCUT2D eigenvalue weighted by Gasteiger charge is -2.06. The first-order chi connectivity index (χ1) is 13.5. The molecule has 0 atom stereocenters. The molecule has 5 N–H and O–H groups in total. The molecule has 0 saturated heterocycles. The van der Waals surface area contributed by atoms with Gasteiger partial charge in [0, 0.05) is 0 Å². The molecule has 1 amide bonds. The highest BCUT2D eigenvalue weighted by atomic mass is 16.6. The van der Waals surface area contributed by atoms with Crippen LogP contribution in [0.15, 0.2) is 66.5 Å². The van der Waals surface area contributed by atoms with Gasteiger partial charge >= 0.3 is 5.82 Å². The number of aromatic nitrogens is 1. The Bertz CT molecular complexity index is 1060. The van der Waals surface area contributed by atoms with Crippen LogP contribution < -0.4 is 27.3 Å². The number of nitrogen functional groups attached to an aromatic ring is 1. The maximum atomic E-state index is 11.3. The van der Waals surface area contributed by atoms with Crippen molar-refractivity contribution < 1.29 is 18.4 Å². The van der Waals surface area contributed by atoms with E-state index in [1.807, 2.05) is 0 Å². The van der Waals surface area contributed by atoms with E-state index < -0.39 is 5.82 Å². The molecule has 0 unspecified atom stereocenters. The Labute approximate surface area is 158 Å². The van der Waals surface area contributed by atoms with Crippen molar-refractivity contribution in [1.82, 2.24) is 4.98 Å². The molecular weight excluding hydrogens is 368 g/mol. The Kier molecular flexibility index (Phi) is 5.77. The van der Waals surface area contributed by atoms with Crippen LogP contribution in [0.4, 0.5) is 23.0 Å². The monoisotopic (exact) mass is 384 g/mol. The number of azo groups is 1. The lowest BCUT2D eigenvalue weighted by molar-refractivity contribution is -0.114. The van der Waals surface area contributed by atoms with E-state index in [-0.39, 0.29) is 36.5 Å². The number of anilines is 2. The Morgan fingerprint density at radius 2 is 1.96 bits per heavy atom. The van der Waals surface area contributed by atoms with Gasteiger partial charge in [-0.05, 0) is 24.3 Å². The van der Waals surface area contributed by atoms with E-state index in [0.29, 0.717) is 17.1 Å². The first kappa shape index (κ1) is 18.8. The van der Waals surface area contributed by atoms with Gasteiger partial charge in [-0.15, -0.1) is 10.2 Å². The first-order valence-electron chi connectivity index (χ1n) is 8.02. The van der Waals surface area contributed by atoms with Crippen molar-refractivity contribution in [2.75, 3.05) is 17.6 Å². The lowest BCUT2D eigenvalue weighted by Crippen LogP contribution is -2.22. The highest BCUT2D eigenvalue weighted by Gasteiger charge is 2.08. The molecule has 11 nitrogen and oxygen atoms in total. The number of amides is 1. The van der Waals surface area contributed by atoms with E-state index in [2.05, 4.69) is 24.9 Å². The summed E-state index contributed by atoms with van der Waals surface area (Å²) < 4.78 is 14.9. The van der Waals surface area contributed by atoms with Crippen molar-refractivity contribution >= 4 is 28.9 Å². The molecule has 1 aromatic carbocycles. The summed E-state index contributed by atoms with van der Waals surface area (Å²) in [6.07, 6.45) is 1.17. The molecule has 0 aliphatic heterocycles. The van der Waals surface area contributed by atoms with Gasteiger partial charge in [-0.2, -0.15) is 0 Å². The highest BCUT2D eigenvalue weighted by molar-refractivity contribution is 5.91. The largest absolute Gasteiger partial charge is 0.518 e. The SMILES string of the molecule is NCC(=O)Nc1ccc(/N=N/c2ccccc2OCc2coc(=O)o2)c(N)n1. The van der Waals surface area contributed by atoms with Crippen LogP contribution in [-0.2, 0) is 11.4 Å². The van der Waals surface area contributed by atoms with Crippen LogP contribution in [0.3, 0.4) is 0 Å². The van der Waals surface area contributed by atoms with Crippen LogP contribution in [0.5, 0.6) is 5.75 Å². The summed E-state index contributed by atoms with van der Waals surface area (Å²) in [5.41, 5.74) is 11.8. The molecule has 11 heteroatoms. The van der Waals surface area contributed by atoms with Crippen molar-refractivity contribution in [3.8, 4) is 5.75 Å². The molecule has 144 valence electrons. The minimum atomic E-state index is -0.805.